The van der Waals surface area contributed by atoms with E-state index in [1.54, 1.807) is 11.3 Å². The molecule has 4 aromatic carbocycles. The van der Waals surface area contributed by atoms with E-state index in [0.717, 1.165) is 65.9 Å². The number of amides is 4. The molecule has 0 radical (unpaired) electrons. The van der Waals surface area contributed by atoms with E-state index < -0.39 is 41.3 Å². The Morgan fingerprint density at radius 3 is 2.29 bits per heavy atom. The van der Waals surface area contributed by atoms with Gasteiger partial charge in [0, 0.05) is 79.7 Å². The number of ether oxygens (including phenoxy) is 3. The number of aryl methyl sites for hydroxylation is 3. The molecule has 0 saturated carbocycles. The van der Waals surface area contributed by atoms with Gasteiger partial charge in [0.15, 0.2) is 0 Å². The van der Waals surface area contributed by atoms with Gasteiger partial charge in [-0.1, -0.05) is 80.5 Å². The Bertz CT molecular complexity index is 3030. The van der Waals surface area contributed by atoms with Gasteiger partial charge in [-0.3, -0.25) is 19.2 Å². The second-order valence-corrected chi connectivity index (χ2v) is 20.3. The number of β-amino-alcohol motifs (C(OH)–C–C–N with tert-alkyl or cyclic N) is 1. The Morgan fingerprint density at radius 1 is 0.875 bits per heavy atom. The Balaban J connectivity index is 0.789. The lowest BCUT2D eigenvalue weighted by molar-refractivity contribution is -0.144. The normalized spacial score (nSPS) is 15.3. The molecule has 1 aliphatic heterocycles. The van der Waals surface area contributed by atoms with Crippen molar-refractivity contribution in [3.63, 3.8) is 0 Å². The average Bonchev–Trinajstić information content (AvgIpc) is 4.14. The summed E-state index contributed by atoms with van der Waals surface area (Å²) in [5.74, 6) is -0.525. The second-order valence-electron chi connectivity index (χ2n) is 19.4. The number of aliphatic hydroxyl groups excluding tert-OH is 1. The van der Waals surface area contributed by atoms with E-state index in [2.05, 4.69) is 43.5 Å². The lowest BCUT2D eigenvalue weighted by atomic mass is 9.85. The zero-order valence-corrected chi connectivity index (χ0v) is 42.5. The third-order valence-electron chi connectivity index (χ3n) is 12.9. The summed E-state index contributed by atoms with van der Waals surface area (Å²) in [5, 5.41) is 22.1. The van der Waals surface area contributed by atoms with Crippen molar-refractivity contribution in [3.05, 3.63) is 124 Å². The highest BCUT2D eigenvalue weighted by Crippen LogP contribution is 2.39. The number of nitrogens with two attached hydrogens (primary N) is 1. The predicted octanol–water partition coefficient (Wildman–Crippen LogP) is 7.65. The van der Waals surface area contributed by atoms with E-state index in [4.69, 9.17) is 24.5 Å². The third kappa shape index (κ3) is 11.9. The molecular weight excluding hydrogens is 935 g/mol. The Morgan fingerprint density at radius 2 is 1.61 bits per heavy atom. The largest absolute Gasteiger partial charge is 0.493 e. The summed E-state index contributed by atoms with van der Waals surface area (Å²) < 4.78 is 25.4. The van der Waals surface area contributed by atoms with Crippen LogP contribution in [0.15, 0.2) is 95.0 Å². The molecule has 378 valence electrons. The Hall–Kier alpha value is -6.92. The molecular formula is C55H63N7O9S. The molecule has 1 aliphatic rings. The van der Waals surface area contributed by atoms with Gasteiger partial charge < -0.3 is 49.7 Å². The quantitative estimate of drug-likeness (QED) is 0.0514. The highest BCUT2D eigenvalue weighted by atomic mass is 32.1. The Kier molecular flexibility index (Phi) is 16.2. The van der Waals surface area contributed by atoms with Crippen LogP contribution in [0.2, 0.25) is 0 Å². The lowest BCUT2D eigenvalue weighted by Gasteiger charge is -2.35. The number of fused-ring (bicyclic) bond motifs is 3. The van der Waals surface area contributed by atoms with Crippen molar-refractivity contribution in [2.75, 3.05) is 39.6 Å². The van der Waals surface area contributed by atoms with Crippen LogP contribution in [0.5, 0.6) is 5.75 Å². The minimum absolute atomic E-state index is 0.0192. The number of carbonyl (C=O) groups excluding carboxylic acids is 4. The highest BCUT2D eigenvalue weighted by Gasteiger charge is 2.44. The predicted molar refractivity (Wildman–Crippen MR) is 276 cm³/mol. The minimum Gasteiger partial charge on any atom is -0.493 e. The first kappa shape index (κ1) is 51.4. The molecule has 17 heteroatoms. The van der Waals surface area contributed by atoms with E-state index in [1.807, 2.05) is 114 Å². The number of likely N-dealkylation sites (tertiary alicyclic amines) is 1. The van der Waals surface area contributed by atoms with E-state index in [1.165, 1.54) is 4.90 Å². The van der Waals surface area contributed by atoms with Crippen molar-refractivity contribution in [2.45, 2.75) is 92.1 Å². The topological polar surface area (TPSA) is 213 Å². The van der Waals surface area contributed by atoms with Crippen LogP contribution in [0, 0.1) is 26.2 Å². The fourth-order valence-corrected chi connectivity index (χ4v) is 10.1. The summed E-state index contributed by atoms with van der Waals surface area (Å²) in [7, 11) is 0. The summed E-state index contributed by atoms with van der Waals surface area (Å²) in [5.41, 5.74) is 15.7. The number of thiazole rings is 1. The summed E-state index contributed by atoms with van der Waals surface area (Å²) in [4.78, 5) is 60.5. The Labute approximate surface area is 422 Å². The van der Waals surface area contributed by atoms with Crippen LogP contribution in [-0.4, -0.2) is 106 Å². The van der Waals surface area contributed by atoms with Gasteiger partial charge in [-0.15, -0.1) is 11.3 Å². The van der Waals surface area contributed by atoms with Gasteiger partial charge in [0.2, 0.25) is 23.6 Å². The first-order valence-corrected chi connectivity index (χ1v) is 25.2. The van der Waals surface area contributed by atoms with Crippen molar-refractivity contribution in [1.82, 2.24) is 30.2 Å². The molecule has 1 fully saturated rings. The maximum Gasteiger partial charge on any atom is 0.249 e. The molecule has 3 aromatic heterocycles. The van der Waals surface area contributed by atoms with Crippen LogP contribution < -0.4 is 21.1 Å². The molecule has 0 bridgehead atoms. The van der Waals surface area contributed by atoms with Gasteiger partial charge in [0.1, 0.15) is 30.2 Å². The molecule has 0 aliphatic carbocycles. The van der Waals surface area contributed by atoms with Crippen molar-refractivity contribution in [2.24, 2.45) is 11.1 Å². The van der Waals surface area contributed by atoms with Gasteiger partial charge in [-0.25, -0.2) is 4.98 Å². The molecule has 0 spiro atoms. The number of hydrogen-bond acceptors (Lipinski definition) is 12. The van der Waals surface area contributed by atoms with Crippen LogP contribution in [0.25, 0.3) is 43.4 Å². The molecule has 8 rings (SSSR count). The lowest BCUT2D eigenvalue weighted by Crippen LogP contribution is -2.58. The molecule has 1 saturated heterocycles. The number of primary amides is 1. The van der Waals surface area contributed by atoms with Crippen LogP contribution in [0.1, 0.15) is 78.7 Å². The SMILES string of the molecule is Cc1ncsc1-c1ccc(CNC(=O)[C@@H]2C[C@@H](O)CN2C(=O)C(NC(=O)COCCCOCCCOc2ccc3c(c2)c2c(C(N)=O)cc(-c4c(C)noc4C)cc2n3Cc2ccccc2)C(C)(C)C)cc1. The molecule has 16 nitrogen and oxygen atoms in total. The second kappa shape index (κ2) is 22.7. The van der Waals surface area contributed by atoms with Gasteiger partial charge >= 0.3 is 0 Å². The summed E-state index contributed by atoms with van der Waals surface area (Å²) >= 11 is 1.57. The standard InChI is InChI=1S/C55H63N7O9S/c1-33-48(35(3)71-60-33)39-24-43(52(56)65)49-42-27-41(18-19-44(42)61(45(49)25-39)29-37-12-8-7-9-13-37)70-23-11-21-68-20-10-22-69-31-47(64)59-51(55(4,5)6)54(67)62-30-40(63)26-46(62)53(66)57-28-36-14-16-38(17-15-36)50-34(2)58-32-72-50/h7-9,12-19,24-25,27,32,40,46,51,63H,10-11,20-23,26,28-31H2,1-6H3,(H2,56,65)(H,57,66)(H,59,64)/t40-,46+,51?/m1/s1. The van der Waals surface area contributed by atoms with Crippen LogP contribution in [0.4, 0.5) is 0 Å². The van der Waals surface area contributed by atoms with Crippen molar-refractivity contribution < 1.29 is 43.0 Å². The molecule has 4 amide bonds. The van der Waals surface area contributed by atoms with Gasteiger partial charge in [0.25, 0.3) is 0 Å². The molecule has 1 unspecified atom stereocenters. The first-order chi connectivity index (χ1) is 34.6. The van der Waals surface area contributed by atoms with Crippen molar-refractivity contribution in [1.29, 1.82) is 0 Å². The molecule has 4 heterocycles. The maximum absolute atomic E-state index is 14.0. The van der Waals surface area contributed by atoms with Gasteiger partial charge in [-0.05, 0) is 85.2 Å². The van der Waals surface area contributed by atoms with Gasteiger partial charge in [0.05, 0.1) is 40.0 Å². The number of carbonyl (C=O) groups is 4. The fourth-order valence-electron chi connectivity index (χ4n) is 9.33. The molecule has 3 atom stereocenters. The summed E-state index contributed by atoms with van der Waals surface area (Å²) in [6.45, 7) is 13.2. The highest BCUT2D eigenvalue weighted by molar-refractivity contribution is 7.13. The number of hydrogen-bond donors (Lipinski definition) is 4. The minimum atomic E-state index is -0.967. The van der Waals surface area contributed by atoms with Crippen LogP contribution in [-0.2, 0) is 36.9 Å². The number of aromatic nitrogens is 3. The van der Waals surface area contributed by atoms with Crippen LogP contribution in [0.3, 0.4) is 0 Å². The van der Waals surface area contributed by atoms with E-state index in [9.17, 15) is 24.3 Å². The number of benzene rings is 4. The monoisotopic (exact) mass is 997 g/mol. The first-order valence-electron chi connectivity index (χ1n) is 24.3. The number of nitrogens with one attached hydrogen (secondary N) is 2. The summed E-state index contributed by atoms with van der Waals surface area (Å²) in [6.07, 6.45) is 0.373. The van der Waals surface area contributed by atoms with E-state index in [0.29, 0.717) is 56.3 Å². The van der Waals surface area contributed by atoms with Crippen molar-refractivity contribution >= 4 is 56.8 Å². The molecule has 7 aromatic rings. The average molecular weight is 998 g/mol. The van der Waals surface area contributed by atoms with Crippen LogP contribution >= 0.6 is 11.3 Å². The zero-order chi connectivity index (χ0) is 51.1. The third-order valence-corrected chi connectivity index (χ3v) is 13.9. The fraction of sp³-hybridized carbons (Fsp3) is 0.382. The maximum atomic E-state index is 14.0. The number of aliphatic hydroxyl groups is 1. The summed E-state index contributed by atoms with van der Waals surface area (Å²) in [6, 6.07) is 25.9. The molecule has 72 heavy (non-hydrogen) atoms. The number of rotatable bonds is 21. The van der Waals surface area contributed by atoms with E-state index >= 15 is 0 Å². The number of nitrogens with zero attached hydrogens (tertiary/aromatic N) is 4. The smallest absolute Gasteiger partial charge is 0.249 e. The zero-order valence-electron chi connectivity index (χ0n) is 41.7. The van der Waals surface area contributed by atoms with E-state index in [-0.39, 0.29) is 38.6 Å². The molecule has 5 N–H and O–H groups in total. The van der Waals surface area contributed by atoms with Crippen molar-refractivity contribution in [3.8, 4) is 27.3 Å². The van der Waals surface area contributed by atoms with Gasteiger partial charge in [-0.2, -0.15) is 0 Å².